The first kappa shape index (κ1) is 22.0. The van der Waals surface area contributed by atoms with Crippen LogP contribution in [-0.2, 0) is 20.9 Å². The van der Waals surface area contributed by atoms with E-state index in [2.05, 4.69) is 15.7 Å². The van der Waals surface area contributed by atoms with Gasteiger partial charge in [0.1, 0.15) is 0 Å². The maximum Gasteiger partial charge on any atom is 0.307 e. The normalized spacial score (nSPS) is 24.7. The molecule has 0 aliphatic heterocycles. The fourth-order valence-corrected chi connectivity index (χ4v) is 5.01. The van der Waals surface area contributed by atoms with Gasteiger partial charge in [0.25, 0.3) is 5.91 Å². The number of rotatable bonds is 8. The molecule has 0 unspecified atom stereocenters. The van der Waals surface area contributed by atoms with Crippen LogP contribution in [0.15, 0.2) is 17.3 Å². The van der Waals surface area contributed by atoms with Crippen molar-refractivity contribution in [2.45, 2.75) is 40.2 Å². The van der Waals surface area contributed by atoms with Crippen molar-refractivity contribution in [2.24, 2.45) is 23.7 Å². The highest BCUT2D eigenvalue weighted by molar-refractivity contribution is 6.03. The number of hydrogen-bond donors (Lipinski definition) is 3. The Morgan fingerprint density at radius 1 is 1.23 bits per heavy atom. The second-order valence-electron chi connectivity index (χ2n) is 8.12. The van der Waals surface area contributed by atoms with Crippen LogP contribution in [0.4, 0.5) is 5.69 Å². The largest absolute Gasteiger partial charge is 0.481 e. The van der Waals surface area contributed by atoms with E-state index < -0.39 is 23.7 Å². The molecule has 1 aromatic rings. The first-order valence-corrected chi connectivity index (χ1v) is 10.4. The van der Waals surface area contributed by atoms with Gasteiger partial charge in [0, 0.05) is 26.4 Å². The van der Waals surface area contributed by atoms with Crippen LogP contribution in [0, 0.1) is 23.7 Å². The molecule has 164 valence electrons. The molecule has 1 heterocycles. The first-order chi connectivity index (χ1) is 14.3. The van der Waals surface area contributed by atoms with Gasteiger partial charge in [-0.3, -0.25) is 19.1 Å². The van der Waals surface area contributed by atoms with Gasteiger partial charge in [-0.25, -0.2) is 0 Å². The number of carboxylic acid groups (broad SMARTS) is 1. The molecule has 2 aliphatic rings. The Kier molecular flexibility index (Phi) is 6.60. The molecule has 2 aliphatic carbocycles. The topological polar surface area (TPSA) is 123 Å². The summed E-state index contributed by atoms with van der Waals surface area (Å²) in [7, 11) is 1.54. The minimum atomic E-state index is -0.942. The number of aliphatic carboxylic acids is 1. The van der Waals surface area contributed by atoms with Crippen LogP contribution in [-0.4, -0.2) is 52.9 Å². The fourth-order valence-electron chi connectivity index (χ4n) is 5.01. The second-order valence-corrected chi connectivity index (χ2v) is 8.12. The zero-order valence-electron chi connectivity index (χ0n) is 17.9. The van der Waals surface area contributed by atoms with Gasteiger partial charge in [0.2, 0.25) is 5.91 Å². The molecule has 0 saturated heterocycles. The number of carbonyl (C=O) groups excluding carboxylic acids is 2. The van der Waals surface area contributed by atoms with Crippen LogP contribution in [0.5, 0.6) is 0 Å². The molecule has 4 atom stereocenters. The number of anilines is 1. The Morgan fingerprint density at radius 3 is 2.47 bits per heavy atom. The molecular formula is C21H30N4O5. The van der Waals surface area contributed by atoms with Crippen LogP contribution >= 0.6 is 0 Å². The van der Waals surface area contributed by atoms with E-state index in [0.29, 0.717) is 25.4 Å². The summed E-state index contributed by atoms with van der Waals surface area (Å²) >= 11 is 0. The SMILES string of the molecule is CCn1cc(NC(=O)[C@@H]2[C@@H](C(=O)O)[C@H]3CC[C@H]2C3=C(C)C)c(C(=O)NCCOC)n1. The predicted molar refractivity (Wildman–Crippen MR) is 110 cm³/mol. The quantitative estimate of drug-likeness (QED) is 0.438. The minimum absolute atomic E-state index is 0.0682. The van der Waals surface area contributed by atoms with Gasteiger partial charge >= 0.3 is 5.97 Å². The van der Waals surface area contributed by atoms with E-state index in [0.717, 1.165) is 24.0 Å². The van der Waals surface area contributed by atoms with Crippen molar-refractivity contribution in [1.29, 1.82) is 0 Å². The average molecular weight is 418 g/mol. The Hall–Kier alpha value is -2.68. The Balaban J connectivity index is 1.85. The van der Waals surface area contributed by atoms with E-state index in [-0.39, 0.29) is 23.4 Å². The molecule has 0 radical (unpaired) electrons. The molecule has 1 aromatic heterocycles. The van der Waals surface area contributed by atoms with Crippen molar-refractivity contribution >= 4 is 23.5 Å². The molecule has 3 N–H and O–H groups in total. The number of fused-ring (bicyclic) bond motifs is 2. The molecule has 3 rings (SSSR count). The lowest BCUT2D eigenvalue weighted by atomic mass is 9.78. The number of aromatic nitrogens is 2. The van der Waals surface area contributed by atoms with E-state index in [1.54, 1.807) is 18.0 Å². The minimum Gasteiger partial charge on any atom is -0.481 e. The number of hydrogen-bond acceptors (Lipinski definition) is 5. The van der Waals surface area contributed by atoms with Crippen LogP contribution < -0.4 is 10.6 Å². The number of allylic oxidation sites excluding steroid dienone is 2. The molecule has 2 saturated carbocycles. The summed E-state index contributed by atoms with van der Waals surface area (Å²) in [6.45, 7) is 7.05. The molecule has 9 nitrogen and oxygen atoms in total. The summed E-state index contributed by atoms with van der Waals surface area (Å²) in [5.74, 6) is -3.28. The lowest BCUT2D eigenvalue weighted by molar-refractivity contribution is -0.148. The monoisotopic (exact) mass is 418 g/mol. The van der Waals surface area contributed by atoms with Crippen molar-refractivity contribution < 1.29 is 24.2 Å². The molecule has 2 amide bonds. The summed E-state index contributed by atoms with van der Waals surface area (Å²) < 4.78 is 6.51. The summed E-state index contributed by atoms with van der Waals surface area (Å²) in [6.07, 6.45) is 3.21. The molecule has 0 spiro atoms. The second kappa shape index (κ2) is 8.99. The highest BCUT2D eigenvalue weighted by Crippen LogP contribution is 2.57. The summed E-state index contributed by atoms with van der Waals surface area (Å²) in [6, 6.07) is 0. The van der Waals surface area contributed by atoms with Gasteiger partial charge in [-0.1, -0.05) is 11.1 Å². The third kappa shape index (κ3) is 3.98. The number of nitrogens with one attached hydrogen (secondary N) is 2. The lowest BCUT2D eigenvalue weighted by Gasteiger charge is -2.26. The summed E-state index contributed by atoms with van der Waals surface area (Å²) in [5, 5.41) is 19.6. The van der Waals surface area contributed by atoms with E-state index >= 15 is 0 Å². The van der Waals surface area contributed by atoms with Crippen LogP contribution in [0.1, 0.15) is 44.1 Å². The number of carboxylic acids is 1. The predicted octanol–water partition coefficient (Wildman–Crippen LogP) is 1.91. The zero-order valence-corrected chi connectivity index (χ0v) is 17.9. The van der Waals surface area contributed by atoms with E-state index in [1.165, 1.54) is 0 Å². The highest BCUT2D eigenvalue weighted by atomic mass is 16.5. The number of amides is 2. The summed E-state index contributed by atoms with van der Waals surface area (Å²) in [5.41, 5.74) is 2.62. The smallest absolute Gasteiger partial charge is 0.307 e. The maximum atomic E-state index is 13.2. The van der Waals surface area contributed by atoms with Crippen LogP contribution in [0.25, 0.3) is 0 Å². The number of aryl methyl sites for hydroxylation is 1. The van der Waals surface area contributed by atoms with Crippen molar-refractivity contribution in [1.82, 2.24) is 15.1 Å². The van der Waals surface area contributed by atoms with E-state index in [4.69, 9.17) is 4.74 Å². The van der Waals surface area contributed by atoms with Crippen molar-refractivity contribution in [3.8, 4) is 0 Å². The fraction of sp³-hybridized carbons (Fsp3) is 0.619. The highest BCUT2D eigenvalue weighted by Gasteiger charge is 2.57. The lowest BCUT2D eigenvalue weighted by Crippen LogP contribution is -2.38. The molecule has 2 bridgehead atoms. The molecule has 9 heteroatoms. The molecule has 2 fully saturated rings. The third-order valence-electron chi connectivity index (χ3n) is 6.16. The standard InChI is InChI=1S/C21H30N4O5/c1-5-25-10-14(18(24-25)20(27)22-8-9-30-4)23-19(26)16-12-6-7-13(15(12)11(2)3)17(16)21(28)29/h10,12-13,16-17H,5-9H2,1-4H3,(H,22,27)(H,23,26)(H,28,29)/t12-,13-,16-,17-/m0/s1. The molecule has 0 aromatic carbocycles. The summed E-state index contributed by atoms with van der Waals surface area (Å²) in [4.78, 5) is 37.8. The third-order valence-corrected chi connectivity index (χ3v) is 6.16. The van der Waals surface area contributed by atoms with Gasteiger partial charge in [0.05, 0.1) is 24.1 Å². The van der Waals surface area contributed by atoms with Gasteiger partial charge in [-0.05, 0) is 45.4 Å². The van der Waals surface area contributed by atoms with Gasteiger partial charge in [0.15, 0.2) is 5.69 Å². The van der Waals surface area contributed by atoms with Crippen molar-refractivity contribution in [3.05, 3.63) is 23.0 Å². The van der Waals surface area contributed by atoms with E-state index in [9.17, 15) is 19.5 Å². The average Bonchev–Trinajstić information content (AvgIpc) is 3.38. The van der Waals surface area contributed by atoms with Gasteiger partial charge in [-0.2, -0.15) is 5.10 Å². The maximum absolute atomic E-state index is 13.2. The Labute approximate surface area is 175 Å². The van der Waals surface area contributed by atoms with Crippen LogP contribution in [0.2, 0.25) is 0 Å². The first-order valence-electron chi connectivity index (χ1n) is 10.4. The Morgan fingerprint density at radius 2 is 1.90 bits per heavy atom. The molecule has 30 heavy (non-hydrogen) atoms. The van der Waals surface area contributed by atoms with Crippen molar-refractivity contribution in [3.63, 3.8) is 0 Å². The number of ether oxygens (including phenoxy) is 1. The molecular weight excluding hydrogens is 388 g/mol. The van der Waals surface area contributed by atoms with Crippen LogP contribution in [0.3, 0.4) is 0 Å². The number of methoxy groups -OCH3 is 1. The number of nitrogens with zero attached hydrogens (tertiary/aromatic N) is 2. The van der Waals surface area contributed by atoms with Gasteiger partial charge < -0.3 is 20.5 Å². The number of carbonyl (C=O) groups is 3. The van der Waals surface area contributed by atoms with Crippen molar-refractivity contribution in [2.75, 3.05) is 25.6 Å². The van der Waals surface area contributed by atoms with Gasteiger partial charge in [-0.15, -0.1) is 0 Å². The zero-order chi connectivity index (χ0) is 22.0. The Bertz CT molecular complexity index is 871. The van der Waals surface area contributed by atoms with E-state index in [1.807, 2.05) is 20.8 Å².